The molecular formula is C18H16O2. The average Bonchev–Trinajstić information content (AvgIpc) is 2.76. The van der Waals surface area contributed by atoms with Gasteiger partial charge in [0.2, 0.25) is 0 Å². The van der Waals surface area contributed by atoms with Crippen molar-refractivity contribution in [3.05, 3.63) is 69.8 Å². The minimum absolute atomic E-state index is 0.0480. The summed E-state index contributed by atoms with van der Waals surface area (Å²) in [5.74, 6) is 0.0835. The van der Waals surface area contributed by atoms with E-state index in [1.807, 2.05) is 56.3 Å². The maximum atomic E-state index is 12.5. The van der Waals surface area contributed by atoms with Crippen molar-refractivity contribution in [1.82, 2.24) is 0 Å². The Hall–Kier alpha value is -2.35. The highest BCUT2D eigenvalue weighted by molar-refractivity contribution is 6.17. The lowest BCUT2D eigenvalue weighted by Gasteiger charge is -2.07. The number of fused-ring (bicyclic) bond motifs is 1. The van der Waals surface area contributed by atoms with Gasteiger partial charge in [-0.2, -0.15) is 0 Å². The first-order chi connectivity index (χ1) is 9.58. The summed E-state index contributed by atoms with van der Waals surface area (Å²) < 4.78 is 0. The van der Waals surface area contributed by atoms with Crippen LogP contribution in [0.25, 0.3) is 6.08 Å². The topological polar surface area (TPSA) is 37.3 Å². The number of rotatable bonds is 1. The third-order valence-corrected chi connectivity index (χ3v) is 3.85. The van der Waals surface area contributed by atoms with E-state index in [1.54, 1.807) is 0 Å². The third-order valence-electron chi connectivity index (χ3n) is 3.85. The van der Waals surface area contributed by atoms with E-state index < -0.39 is 0 Å². The number of carbonyl (C=O) groups excluding carboxylic acids is 1. The van der Waals surface area contributed by atoms with Crippen molar-refractivity contribution < 1.29 is 9.90 Å². The van der Waals surface area contributed by atoms with E-state index in [0.29, 0.717) is 12.0 Å². The van der Waals surface area contributed by atoms with Crippen LogP contribution in [0.1, 0.15) is 32.6 Å². The van der Waals surface area contributed by atoms with Crippen LogP contribution in [0.2, 0.25) is 0 Å². The molecule has 0 radical (unpaired) electrons. The van der Waals surface area contributed by atoms with Crippen LogP contribution < -0.4 is 0 Å². The molecule has 3 rings (SSSR count). The second-order valence-corrected chi connectivity index (χ2v) is 5.30. The number of hydrogen-bond donors (Lipinski definition) is 1. The van der Waals surface area contributed by atoms with Crippen molar-refractivity contribution in [3.63, 3.8) is 0 Å². The molecule has 100 valence electrons. The molecule has 0 saturated carbocycles. The number of phenolic OH excluding ortho intramolecular Hbond substituents is 1. The number of aryl methyl sites for hydroxylation is 2. The van der Waals surface area contributed by atoms with Gasteiger partial charge in [0.15, 0.2) is 5.78 Å². The van der Waals surface area contributed by atoms with Crippen LogP contribution in [0, 0.1) is 13.8 Å². The lowest BCUT2D eigenvalue weighted by Crippen LogP contribution is -1.97. The second-order valence-electron chi connectivity index (χ2n) is 5.30. The van der Waals surface area contributed by atoms with Crippen LogP contribution in [0.3, 0.4) is 0 Å². The first-order valence-electron chi connectivity index (χ1n) is 6.70. The van der Waals surface area contributed by atoms with Crippen molar-refractivity contribution in [1.29, 1.82) is 0 Å². The molecule has 0 saturated heterocycles. The molecule has 0 spiro atoms. The minimum atomic E-state index is -0.0480. The van der Waals surface area contributed by atoms with E-state index in [-0.39, 0.29) is 11.5 Å². The Morgan fingerprint density at radius 1 is 1.10 bits per heavy atom. The standard InChI is InChI=1S/C18H16O2/c1-11-8-12(2)17(19)16-15(11)10-14(18(16)20)9-13-6-4-3-5-7-13/h3-9,19H,10H2,1-2H3. The fourth-order valence-corrected chi connectivity index (χ4v) is 2.79. The van der Waals surface area contributed by atoms with Crippen LogP contribution in [0.15, 0.2) is 42.0 Å². The zero-order valence-corrected chi connectivity index (χ0v) is 11.6. The summed E-state index contributed by atoms with van der Waals surface area (Å²) in [6.07, 6.45) is 2.51. The Morgan fingerprint density at radius 2 is 1.80 bits per heavy atom. The number of Topliss-reactive ketones (excluding diaryl/α,β-unsaturated/α-hetero) is 1. The van der Waals surface area contributed by atoms with E-state index >= 15 is 0 Å². The maximum Gasteiger partial charge on any atom is 0.193 e. The summed E-state index contributed by atoms with van der Waals surface area (Å²) in [5, 5.41) is 10.1. The smallest absolute Gasteiger partial charge is 0.193 e. The molecule has 0 atom stereocenters. The lowest BCUT2D eigenvalue weighted by molar-refractivity contribution is 0.103. The zero-order chi connectivity index (χ0) is 14.3. The van der Waals surface area contributed by atoms with Crippen LogP contribution >= 0.6 is 0 Å². The van der Waals surface area contributed by atoms with Gasteiger partial charge in [0.25, 0.3) is 0 Å². The molecule has 0 amide bonds. The molecule has 0 heterocycles. The Balaban J connectivity index is 2.10. The number of carbonyl (C=O) groups is 1. The van der Waals surface area contributed by atoms with E-state index in [0.717, 1.165) is 27.8 Å². The van der Waals surface area contributed by atoms with Crippen molar-refractivity contribution in [3.8, 4) is 5.75 Å². The van der Waals surface area contributed by atoms with Gasteiger partial charge in [-0.05, 0) is 42.2 Å². The highest BCUT2D eigenvalue weighted by Crippen LogP contribution is 2.37. The number of benzene rings is 2. The molecule has 1 aliphatic rings. The lowest BCUT2D eigenvalue weighted by atomic mass is 10.00. The number of phenols is 1. The summed E-state index contributed by atoms with van der Waals surface area (Å²) in [6.45, 7) is 3.82. The first-order valence-corrected chi connectivity index (χ1v) is 6.70. The van der Waals surface area contributed by atoms with Crippen molar-refractivity contribution in [2.24, 2.45) is 0 Å². The molecule has 0 bridgehead atoms. The molecule has 0 fully saturated rings. The largest absolute Gasteiger partial charge is 0.507 e. The monoisotopic (exact) mass is 264 g/mol. The molecule has 0 unspecified atom stereocenters. The number of hydrogen-bond acceptors (Lipinski definition) is 2. The summed E-state index contributed by atoms with van der Waals surface area (Å²) in [5.41, 5.74) is 5.04. The van der Waals surface area contributed by atoms with Crippen molar-refractivity contribution in [2.45, 2.75) is 20.3 Å². The fraction of sp³-hybridized carbons (Fsp3) is 0.167. The first kappa shape index (κ1) is 12.7. The van der Waals surface area contributed by atoms with Gasteiger partial charge in [-0.25, -0.2) is 0 Å². The normalized spacial score (nSPS) is 15.7. The Kier molecular flexibility index (Phi) is 2.94. The van der Waals surface area contributed by atoms with Gasteiger partial charge < -0.3 is 5.11 Å². The van der Waals surface area contributed by atoms with Crippen LogP contribution in [0.5, 0.6) is 5.75 Å². The summed E-state index contributed by atoms with van der Waals surface area (Å²) in [4.78, 5) is 12.5. The molecule has 0 aromatic heterocycles. The van der Waals surface area contributed by atoms with Crippen LogP contribution in [-0.2, 0) is 6.42 Å². The number of allylic oxidation sites excluding steroid dienone is 1. The van der Waals surface area contributed by atoms with Gasteiger partial charge >= 0.3 is 0 Å². The second kappa shape index (κ2) is 4.64. The summed E-state index contributed by atoms with van der Waals surface area (Å²) in [6, 6.07) is 11.7. The molecule has 1 N–H and O–H groups in total. The predicted molar refractivity (Wildman–Crippen MR) is 80.0 cm³/mol. The van der Waals surface area contributed by atoms with E-state index in [4.69, 9.17) is 0 Å². The highest BCUT2D eigenvalue weighted by atomic mass is 16.3. The SMILES string of the molecule is Cc1cc(C)c2c(c1O)C(=O)C(=Cc1ccccc1)C2. The molecule has 20 heavy (non-hydrogen) atoms. The van der Waals surface area contributed by atoms with E-state index in [2.05, 4.69) is 0 Å². The Morgan fingerprint density at radius 3 is 2.50 bits per heavy atom. The van der Waals surface area contributed by atoms with Crippen molar-refractivity contribution in [2.75, 3.05) is 0 Å². The van der Waals surface area contributed by atoms with Gasteiger partial charge in [0.05, 0.1) is 5.56 Å². The van der Waals surface area contributed by atoms with Gasteiger partial charge in [-0.1, -0.05) is 36.4 Å². The summed E-state index contributed by atoms with van der Waals surface area (Å²) in [7, 11) is 0. The molecule has 2 nitrogen and oxygen atoms in total. The average molecular weight is 264 g/mol. The molecule has 2 aromatic rings. The number of aromatic hydroxyl groups is 1. The molecule has 2 aromatic carbocycles. The summed E-state index contributed by atoms with van der Waals surface area (Å²) >= 11 is 0. The Labute approximate surface area is 118 Å². The zero-order valence-electron chi connectivity index (χ0n) is 11.6. The van der Waals surface area contributed by atoms with Crippen molar-refractivity contribution >= 4 is 11.9 Å². The fourth-order valence-electron chi connectivity index (χ4n) is 2.79. The molecule has 2 heteroatoms. The molecule has 0 aliphatic heterocycles. The molecule has 1 aliphatic carbocycles. The maximum absolute atomic E-state index is 12.5. The van der Waals surface area contributed by atoms with E-state index in [9.17, 15) is 9.90 Å². The van der Waals surface area contributed by atoms with Gasteiger partial charge in [0.1, 0.15) is 5.75 Å². The third kappa shape index (κ3) is 1.94. The van der Waals surface area contributed by atoms with E-state index in [1.165, 1.54) is 0 Å². The van der Waals surface area contributed by atoms with Gasteiger partial charge in [0, 0.05) is 12.0 Å². The predicted octanol–water partition coefficient (Wildman–Crippen LogP) is 3.83. The van der Waals surface area contributed by atoms with Crippen LogP contribution in [0.4, 0.5) is 0 Å². The van der Waals surface area contributed by atoms with Crippen LogP contribution in [-0.4, -0.2) is 10.9 Å². The van der Waals surface area contributed by atoms with Gasteiger partial charge in [-0.3, -0.25) is 4.79 Å². The quantitative estimate of drug-likeness (QED) is 0.795. The Bertz CT molecular complexity index is 725. The van der Waals surface area contributed by atoms with Gasteiger partial charge in [-0.15, -0.1) is 0 Å². The minimum Gasteiger partial charge on any atom is -0.507 e. The molecular weight excluding hydrogens is 248 g/mol. The number of ketones is 1. The highest BCUT2D eigenvalue weighted by Gasteiger charge is 2.30.